The van der Waals surface area contributed by atoms with Gasteiger partial charge in [-0.15, -0.1) is 0 Å². The molecule has 5 heteroatoms. The maximum atomic E-state index is 5.75. The quantitative estimate of drug-likeness (QED) is 0.898. The van der Waals surface area contributed by atoms with E-state index in [1.54, 1.807) is 0 Å². The van der Waals surface area contributed by atoms with E-state index in [9.17, 15) is 0 Å². The van der Waals surface area contributed by atoms with Crippen LogP contribution in [-0.2, 0) is 0 Å². The number of hydrogen-bond acceptors (Lipinski definition) is 4. The third kappa shape index (κ3) is 3.67. The van der Waals surface area contributed by atoms with Gasteiger partial charge in [-0.3, -0.25) is 0 Å². The predicted octanol–water partition coefficient (Wildman–Crippen LogP) is 4.16. The van der Waals surface area contributed by atoms with Crippen LogP contribution in [-0.4, -0.2) is 16.5 Å². The van der Waals surface area contributed by atoms with E-state index in [4.69, 9.17) is 4.74 Å². The van der Waals surface area contributed by atoms with Crippen molar-refractivity contribution in [3.63, 3.8) is 0 Å². The number of anilines is 1. The number of hydrogen-bond donors (Lipinski definition) is 1. The number of ether oxygens (including phenoxy) is 1. The molecule has 0 aliphatic carbocycles. The summed E-state index contributed by atoms with van der Waals surface area (Å²) in [4.78, 5) is 8.33. The van der Waals surface area contributed by atoms with Crippen molar-refractivity contribution in [3.05, 3.63) is 40.6 Å². The monoisotopic (exact) mass is 321 g/mol. The molecule has 0 saturated heterocycles. The minimum absolute atomic E-state index is 0.512. The van der Waals surface area contributed by atoms with Crippen LogP contribution in [0.1, 0.15) is 18.9 Å². The molecular formula is C14H16BrN3O. The molecule has 0 radical (unpaired) electrons. The lowest BCUT2D eigenvalue weighted by Gasteiger charge is -2.10. The summed E-state index contributed by atoms with van der Waals surface area (Å²) in [6.07, 6.45) is 2.52. The normalized spacial score (nSPS) is 10.3. The van der Waals surface area contributed by atoms with E-state index >= 15 is 0 Å². The molecule has 0 spiro atoms. The van der Waals surface area contributed by atoms with Crippen LogP contribution in [0.15, 0.2) is 35.1 Å². The van der Waals surface area contributed by atoms with Crippen LogP contribution >= 0.6 is 15.9 Å². The van der Waals surface area contributed by atoms with E-state index in [0.717, 1.165) is 29.0 Å². The second-order valence-electron chi connectivity index (χ2n) is 4.18. The van der Waals surface area contributed by atoms with Gasteiger partial charge in [-0.05, 0) is 41.4 Å². The molecule has 1 heterocycles. The molecule has 0 fully saturated rings. The van der Waals surface area contributed by atoms with E-state index in [1.807, 2.05) is 31.2 Å². The van der Waals surface area contributed by atoms with Gasteiger partial charge < -0.3 is 10.1 Å². The Balaban J connectivity index is 2.18. The Morgan fingerprint density at radius 2 is 1.95 bits per heavy atom. The van der Waals surface area contributed by atoms with E-state index in [-0.39, 0.29) is 0 Å². The topological polar surface area (TPSA) is 47.0 Å². The molecule has 1 aromatic carbocycles. The largest absolute Gasteiger partial charge is 0.438 e. The number of aromatic nitrogens is 2. The van der Waals surface area contributed by atoms with Crippen LogP contribution in [0.5, 0.6) is 11.6 Å². The van der Waals surface area contributed by atoms with Gasteiger partial charge in [0.25, 0.3) is 0 Å². The number of nitrogens with zero attached hydrogens (tertiary/aromatic N) is 2. The van der Waals surface area contributed by atoms with Gasteiger partial charge in [-0.25, -0.2) is 9.97 Å². The molecule has 4 nitrogen and oxygen atoms in total. The fourth-order valence-electron chi connectivity index (χ4n) is 1.51. The van der Waals surface area contributed by atoms with Crippen LogP contribution in [0.2, 0.25) is 0 Å². The average Bonchev–Trinajstić information content (AvgIpc) is 2.42. The highest BCUT2D eigenvalue weighted by atomic mass is 79.9. The molecule has 0 aliphatic heterocycles. The summed E-state index contributed by atoms with van der Waals surface area (Å²) in [5.74, 6) is 2.02. The Labute approximate surface area is 121 Å². The summed E-state index contributed by atoms with van der Waals surface area (Å²) >= 11 is 3.47. The first kappa shape index (κ1) is 13.8. The predicted molar refractivity (Wildman–Crippen MR) is 79.8 cm³/mol. The molecule has 0 bridgehead atoms. The smallest absolute Gasteiger partial charge is 0.238 e. The van der Waals surface area contributed by atoms with Crippen molar-refractivity contribution in [2.75, 3.05) is 11.9 Å². The van der Waals surface area contributed by atoms with Gasteiger partial charge in [0.1, 0.15) is 22.4 Å². The molecule has 19 heavy (non-hydrogen) atoms. The first-order chi connectivity index (χ1) is 9.20. The molecule has 0 saturated carbocycles. The van der Waals surface area contributed by atoms with Crippen molar-refractivity contribution in [1.82, 2.24) is 9.97 Å². The van der Waals surface area contributed by atoms with Crippen LogP contribution in [0.25, 0.3) is 0 Å². The van der Waals surface area contributed by atoms with Gasteiger partial charge in [0.2, 0.25) is 5.88 Å². The molecule has 0 amide bonds. The second-order valence-corrected chi connectivity index (χ2v) is 4.98. The Bertz CT molecular complexity index is 543. The van der Waals surface area contributed by atoms with Crippen LogP contribution in [0, 0.1) is 6.92 Å². The summed E-state index contributed by atoms with van der Waals surface area (Å²) in [5, 5.41) is 3.22. The zero-order valence-electron chi connectivity index (χ0n) is 11.0. The van der Waals surface area contributed by atoms with Crippen molar-refractivity contribution in [2.24, 2.45) is 0 Å². The van der Waals surface area contributed by atoms with E-state index in [2.05, 4.69) is 38.1 Å². The van der Waals surface area contributed by atoms with Gasteiger partial charge in [0, 0.05) is 6.54 Å². The summed E-state index contributed by atoms with van der Waals surface area (Å²) in [7, 11) is 0. The van der Waals surface area contributed by atoms with Gasteiger partial charge in [-0.2, -0.15) is 0 Å². The third-order valence-electron chi connectivity index (χ3n) is 2.54. The zero-order chi connectivity index (χ0) is 13.7. The highest BCUT2D eigenvalue weighted by Crippen LogP contribution is 2.31. The Morgan fingerprint density at radius 1 is 1.21 bits per heavy atom. The molecule has 2 aromatic rings. The van der Waals surface area contributed by atoms with Gasteiger partial charge in [0.05, 0.1) is 0 Å². The van der Waals surface area contributed by atoms with Crippen LogP contribution in [0.4, 0.5) is 5.82 Å². The average molecular weight is 322 g/mol. The van der Waals surface area contributed by atoms with E-state index < -0.39 is 0 Å². The first-order valence-electron chi connectivity index (χ1n) is 6.19. The molecule has 0 unspecified atom stereocenters. The van der Waals surface area contributed by atoms with Crippen molar-refractivity contribution in [1.29, 1.82) is 0 Å². The minimum Gasteiger partial charge on any atom is -0.438 e. The molecule has 0 aliphatic rings. The maximum absolute atomic E-state index is 5.75. The van der Waals surface area contributed by atoms with Gasteiger partial charge >= 0.3 is 0 Å². The van der Waals surface area contributed by atoms with E-state index in [0.29, 0.717) is 5.88 Å². The van der Waals surface area contributed by atoms with Crippen molar-refractivity contribution >= 4 is 21.7 Å². The van der Waals surface area contributed by atoms with Crippen molar-refractivity contribution in [2.45, 2.75) is 20.3 Å². The zero-order valence-corrected chi connectivity index (χ0v) is 12.6. The molecule has 2 rings (SSSR count). The summed E-state index contributed by atoms with van der Waals surface area (Å²) < 4.78 is 6.49. The number of nitrogens with one attached hydrogen (secondary N) is 1. The summed E-state index contributed by atoms with van der Waals surface area (Å²) in [5.41, 5.74) is 1.19. The Morgan fingerprint density at radius 3 is 2.63 bits per heavy atom. The highest BCUT2D eigenvalue weighted by molar-refractivity contribution is 9.10. The lowest BCUT2D eigenvalue weighted by Crippen LogP contribution is -2.04. The standard InChI is InChI=1S/C14H16BrN3O/c1-3-8-16-13-12(15)14(18-9-17-13)19-11-6-4-10(2)5-7-11/h4-7,9H,3,8H2,1-2H3,(H,16,17,18). The molecule has 100 valence electrons. The number of aryl methyl sites for hydroxylation is 1. The fraction of sp³-hybridized carbons (Fsp3) is 0.286. The van der Waals surface area contributed by atoms with Crippen molar-refractivity contribution < 1.29 is 4.74 Å². The van der Waals surface area contributed by atoms with E-state index in [1.165, 1.54) is 11.9 Å². The summed E-state index contributed by atoms with van der Waals surface area (Å²) in [6, 6.07) is 7.84. The van der Waals surface area contributed by atoms with Gasteiger partial charge in [-0.1, -0.05) is 24.6 Å². The molecular weight excluding hydrogens is 306 g/mol. The number of halogens is 1. The number of benzene rings is 1. The molecule has 0 atom stereocenters. The second kappa shape index (κ2) is 6.52. The lowest BCUT2D eigenvalue weighted by molar-refractivity contribution is 0.458. The maximum Gasteiger partial charge on any atom is 0.238 e. The van der Waals surface area contributed by atoms with Crippen LogP contribution in [0.3, 0.4) is 0 Å². The first-order valence-corrected chi connectivity index (χ1v) is 6.99. The lowest BCUT2D eigenvalue weighted by atomic mass is 10.2. The Hall–Kier alpha value is -1.62. The van der Waals surface area contributed by atoms with Gasteiger partial charge in [0.15, 0.2) is 0 Å². The molecule has 1 aromatic heterocycles. The fourth-order valence-corrected chi connectivity index (χ4v) is 1.94. The minimum atomic E-state index is 0.512. The number of rotatable bonds is 5. The molecule has 1 N–H and O–H groups in total. The van der Waals surface area contributed by atoms with Crippen LogP contribution < -0.4 is 10.1 Å². The SMILES string of the molecule is CCCNc1ncnc(Oc2ccc(C)cc2)c1Br. The Kier molecular flexibility index (Phi) is 4.74. The van der Waals surface area contributed by atoms with Crippen molar-refractivity contribution in [3.8, 4) is 11.6 Å². The highest BCUT2D eigenvalue weighted by Gasteiger charge is 2.10. The summed E-state index contributed by atoms with van der Waals surface area (Å²) in [6.45, 7) is 5.00. The third-order valence-corrected chi connectivity index (χ3v) is 3.25.